The standard InChI is InChI=1S/C22H28N4O5S/c1-15-12-18(16(2)26(15)17-7-11-32(29,30)14-17)20(27)13-31-21(28)19-6-3-4-10-25(19)22-23-8-5-9-24-22/h5,8-9,12,17,19H,3-4,6-7,10-11,13-14H2,1-2H3. The summed E-state index contributed by atoms with van der Waals surface area (Å²) in [5.74, 6) is -0.0162. The fourth-order valence-electron chi connectivity index (χ4n) is 4.77. The molecule has 0 amide bonds. The van der Waals surface area contributed by atoms with Crippen LogP contribution in [0, 0.1) is 13.8 Å². The van der Waals surface area contributed by atoms with Gasteiger partial charge in [0.15, 0.2) is 16.4 Å². The molecule has 0 N–H and O–H groups in total. The zero-order valence-electron chi connectivity index (χ0n) is 18.4. The highest BCUT2D eigenvalue weighted by atomic mass is 32.2. The van der Waals surface area contributed by atoms with Crippen LogP contribution in [0.25, 0.3) is 0 Å². The summed E-state index contributed by atoms with van der Waals surface area (Å²) in [6, 6.07) is 2.79. The van der Waals surface area contributed by atoms with E-state index in [0.29, 0.717) is 36.6 Å². The Morgan fingerprint density at radius 1 is 1.16 bits per heavy atom. The Morgan fingerprint density at radius 3 is 2.59 bits per heavy atom. The van der Waals surface area contributed by atoms with Gasteiger partial charge in [0.1, 0.15) is 6.04 Å². The highest BCUT2D eigenvalue weighted by Crippen LogP contribution is 2.29. The van der Waals surface area contributed by atoms with E-state index in [1.807, 2.05) is 23.3 Å². The number of hydrogen-bond donors (Lipinski definition) is 0. The largest absolute Gasteiger partial charge is 0.456 e. The number of aryl methyl sites for hydroxylation is 1. The first-order chi connectivity index (χ1) is 15.3. The summed E-state index contributed by atoms with van der Waals surface area (Å²) in [6.07, 6.45) is 6.26. The lowest BCUT2D eigenvalue weighted by atomic mass is 10.0. The molecule has 4 rings (SSSR count). The van der Waals surface area contributed by atoms with Crippen molar-refractivity contribution in [2.75, 3.05) is 29.6 Å². The van der Waals surface area contributed by atoms with Crippen LogP contribution in [-0.4, -0.2) is 65.4 Å². The van der Waals surface area contributed by atoms with E-state index in [4.69, 9.17) is 4.74 Å². The number of ketones is 1. The Bertz CT molecular complexity index is 1110. The number of hydrogen-bond acceptors (Lipinski definition) is 8. The van der Waals surface area contributed by atoms with Gasteiger partial charge in [0.2, 0.25) is 11.7 Å². The number of Topliss-reactive ketones (excluding diaryl/α,β-unsaturated/α-hetero) is 1. The van der Waals surface area contributed by atoms with Crippen LogP contribution < -0.4 is 4.90 Å². The van der Waals surface area contributed by atoms with Crippen molar-refractivity contribution in [1.82, 2.24) is 14.5 Å². The molecule has 2 aliphatic rings. The van der Waals surface area contributed by atoms with E-state index >= 15 is 0 Å². The Labute approximate surface area is 187 Å². The minimum absolute atomic E-state index is 0.0883. The smallest absolute Gasteiger partial charge is 0.329 e. The highest BCUT2D eigenvalue weighted by Gasteiger charge is 2.34. The Morgan fingerprint density at radius 2 is 1.91 bits per heavy atom. The molecule has 0 radical (unpaired) electrons. The molecule has 2 aromatic heterocycles. The van der Waals surface area contributed by atoms with Gasteiger partial charge in [-0.15, -0.1) is 0 Å². The molecule has 0 spiro atoms. The lowest BCUT2D eigenvalue weighted by molar-refractivity contribution is -0.144. The average molecular weight is 461 g/mol. The summed E-state index contributed by atoms with van der Waals surface area (Å²) in [6.45, 7) is 3.97. The molecule has 2 unspecified atom stereocenters. The van der Waals surface area contributed by atoms with Crippen molar-refractivity contribution in [3.8, 4) is 0 Å². The molecule has 172 valence electrons. The Balaban J connectivity index is 1.43. The number of rotatable bonds is 6. The van der Waals surface area contributed by atoms with Crippen molar-refractivity contribution in [2.24, 2.45) is 0 Å². The second-order valence-electron chi connectivity index (χ2n) is 8.50. The summed E-state index contributed by atoms with van der Waals surface area (Å²) in [5, 5.41) is 0. The van der Waals surface area contributed by atoms with Crippen LogP contribution in [0.3, 0.4) is 0 Å². The number of carbonyl (C=O) groups is 2. The second kappa shape index (κ2) is 9.01. The van der Waals surface area contributed by atoms with E-state index < -0.39 is 21.8 Å². The fraction of sp³-hybridized carbons (Fsp3) is 0.545. The summed E-state index contributed by atoms with van der Waals surface area (Å²) in [4.78, 5) is 36.0. The lowest BCUT2D eigenvalue weighted by Gasteiger charge is -2.33. The van der Waals surface area contributed by atoms with Gasteiger partial charge >= 0.3 is 5.97 Å². The molecule has 2 atom stereocenters. The monoisotopic (exact) mass is 460 g/mol. The van der Waals surface area contributed by atoms with Crippen LogP contribution in [0.2, 0.25) is 0 Å². The van der Waals surface area contributed by atoms with E-state index in [1.165, 1.54) is 0 Å². The van der Waals surface area contributed by atoms with Crippen molar-refractivity contribution >= 4 is 27.5 Å². The number of esters is 1. The summed E-state index contributed by atoms with van der Waals surface area (Å²) in [5.41, 5.74) is 2.01. The van der Waals surface area contributed by atoms with E-state index in [1.54, 1.807) is 24.5 Å². The number of sulfone groups is 1. The first kappa shape index (κ1) is 22.4. The van der Waals surface area contributed by atoms with Gasteiger partial charge < -0.3 is 14.2 Å². The quantitative estimate of drug-likeness (QED) is 0.476. The van der Waals surface area contributed by atoms with Gasteiger partial charge in [0, 0.05) is 41.9 Å². The van der Waals surface area contributed by atoms with Crippen LogP contribution in [0.1, 0.15) is 53.5 Å². The molecule has 2 aromatic rings. The first-order valence-electron chi connectivity index (χ1n) is 10.9. The number of nitrogens with zero attached hydrogens (tertiary/aromatic N) is 4. The summed E-state index contributed by atoms with van der Waals surface area (Å²) >= 11 is 0. The maximum atomic E-state index is 12.9. The number of piperidine rings is 1. The highest BCUT2D eigenvalue weighted by molar-refractivity contribution is 7.91. The van der Waals surface area contributed by atoms with Gasteiger partial charge in [-0.2, -0.15) is 0 Å². The molecule has 2 saturated heterocycles. The van der Waals surface area contributed by atoms with Crippen molar-refractivity contribution in [3.63, 3.8) is 0 Å². The number of aromatic nitrogens is 3. The number of carbonyl (C=O) groups excluding carboxylic acids is 2. The molecule has 10 heteroatoms. The van der Waals surface area contributed by atoms with Crippen LogP contribution in [0.4, 0.5) is 5.95 Å². The van der Waals surface area contributed by atoms with E-state index in [9.17, 15) is 18.0 Å². The van der Waals surface area contributed by atoms with Gasteiger partial charge in [-0.3, -0.25) is 4.79 Å². The predicted molar refractivity (Wildman–Crippen MR) is 119 cm³/mol. The third-order valence-corrected chi connectivity index (χ3v) is 8.04. The number of ether oxygens (including phenoxy) is 1. The van der Waals surface area contributed by atoms with Gasteiger partial charge in [-0.25, -0.2) is 23.2 Å². The SMILES string of the molecule is Cc1cc(C(=O)COC(=O)C2CCCCN2c2ncccn2)c(C)n1C1CCS(=O)(=O)C1. The van der Waals surface area contributed by atoms with E-state index in [2.05, 4.69) is 9.97 Å². The zero-order chi connectivity index (χ0) is 22.9. The van der Waals surface area contributed by atoms with Gasteiger partial charge in [0.05, 0.1) is 11.5 Å². The lowest BCUT2D eigenvalue weighted by Crippen LogP contribution is -2.46. The molecule has 2 aliphatic heterocycles. The predicted octanol–water partition coefficient (Wildman–Crippen LogP) is 2.04. The average Bonchev–Trinajstić information content (AvgIpc) is 3.29. The molecular weight excluding hydrogens is 432 g/mol. The van der Waals surface area contributed by atoms with Crippen molar-refractivity contribution in [2.45, 2.75) is 51.6 Å². The summed E-state index contributed by atoms with van der Waals surface area (Å²) < 4.78 is 31.1. The second-order valence-corrected chi connectivity index (χ2v) is 10.7. The topological polar surface area (TPSA) is 111 Å². The number of anilines is 1. The van der Waals surface area contributed by atoms with Crippen LogP contribution in [0.15, 0.2) is 24.5 Å². The Kier molecular flexibility index (Phi) is 6.32. The van der Waals surface area contributed by atoms with Gasteiger partial charge in [-0.1, -0.05) is 0 Å². The third-order valence-electron chi connectivity index (χ3n) is 6.29. The molecule has 0 aliphatic carbocycles. The molecule has 0 saturated carbocycles. The first-order valence-corrected chi connectivity index (χ1v) is 12.7. The Hall–Kier alpha value is -2.75. The van der Waals surface area contributed by atoms with Gasteiger partial charge in [0.25, 0.3) is 0 Å². The molecule has 2 fully saturated rings. The maximum Gasteiger partial charge on any atom is 0.329 e. The molecule has 0 bridgehead atoms. The van der Waals surface area contributed by atoms with Crippen LogP contribution in [0.5, 0.6) is 0 Å². The third kappa shape index (κ3) is 4.55. The minimum Gasteiger partial charge on any atom is -0.456 e. The van der Waals surface area contributed by atoms with Gasteiger partial charge in [-0.05, 0) is 51.7 Å². The van der Waals surface area contributed by atoms with Crippen molar-refractivity contribution < 1.29 is 22.7 Å². The normalized spacial score (nSPS) is 22.6. The minimum atomic E-state index is -3.04. The molecular formula is C22H28N4O5S. The van der Waals surface area contributed by atoms with Crippen molar-refractivity contribution in [1.29, 1.82) is 0 Å². The van der Waals surface area contributed by atoms with E-state index in [-0.39, 0.29) is 29.9 Å². The zero-order valence-corrected chi connectivity index (χ0v) is 19.2. The molecule has 9 nitrogen and oxygen atoms in total. The summed E-state index contributed by atoms with van der Waals surface area (Å²) in [7, 11) is -3.04. The van der Waals surface area contributed by atoms with Crippen molar-refractivity contribution in [3.05, 3.63) is 41.5 Å². The molecule has 32 heavy (non-hydrogen) atoms. The maximum absolute atomic E-state index is 12.9. The van der Waals surface area contributed by atoms with Crippen LogP contribution in [-0.2, 0) is 19.4 Å². The molecule has 4 heterocycles. The van der Waals surface area contributed by atoms with Crippen LogP contribution >= 0.6 is 0 Å². The molecule has 0 aromatic carbocycles. The van der Waals surface area contributed by atoms with E-state index in [0.717, 1.165) is 18.5 Å². The fourth-order valence-corrected chi connectivity index (χ4v) is 6.47.